The number of hydrogen-bond donors (Lipinski definition) is 0. The van der Waals surface area contributed by atoms with Crippen LogP contribution in [-0.4, -0.2) is 36.1 Å². The minimum Gasteiger partial charge on any atom is -0.372 e. The van der Waals surface area contributed by atoms with Gasteiger partial charge in [0, 0.05) is 25.8 Å². The molecule has 0 unspecified atom stereocenters. The summed E-state index contributed by atoms with van der Waals surface area (Å²) in [5.41, 5.74) is 5.72. The summed E-state index contributed by atoms with van der Waals surface area (Å²) >= 11 is 1.44. The van der Waals surface area contributed by atoms with Crippen molar-refractivity contribution in [1.29, 1.82) is 0 Å². The number of benzene rings is 2. The molecule has 2 aromatic rings. The second kappa shape index (κ2) is 8.46. The second-order valence-corrected chi connectivity index (χ2v) is 8.63. The zero-order chi connectivity index (χ0) is 20.4. The van der Waals surface area contributed by atoms with Gasteiger partial charge in [0.1, 0.15) is 0 Å². The first-order valence-corrected chi connectivity index (χ1v) is 11.1. The Labute approximate surface area is 177 Å². The fourth-order valence-electron chi connectivity index (χ4n) is 3.70. The molecule has 29 heavy (non-hydrogen) atoms. The molecule has 4 rings (SSSR count). The minimum atomic E-state index is 0.00180. The predicted molar refractivity (Wildman–Crippen MR) is 124 cm³/mol. The van der Waals surface area contributed by atoms with Crippen LogP contribution in [0.5, 0.6) is 0 Å². The van der Waals surface area contributed by atoms with Crippen molar-refractivity contribution in [2.45, 2.75) is 33.1 Å². The van der Waals surface area contributed by atoms with E-state index in [0.29, 0.717) is 4.91 Å². The average molecular weight is 406 g/mol. The number of amides is 1. The van der Waals surface area contributed by atoms with Gasteiger partial charge in [-0.1, -0.05) is 25.1 Å². The monoisotopic (exact) mass is 405 g/mol. The van der Waals surface area contributed by atoms with Crippen molar-refractivity contribution in [2.75, 3.05) is 25.0 Å². The van der Waals surface area contributed by atoms with Gasteiger partial charge in [0.25, 0.3) is 5.91 Å². The SMILES string of the molecule is CCc1ccc(N=C2S/C(=C/c3ccc(N4CCCC4)cc3C)C(=O)N2C)cc1. The Kier molecular flexibility index (Phi) is 5.76. The highest BCUT2D eigenvalue weighted by molar-refractivity contribution is 8.18. The first kappa shape index (κ1) is 19.8. The third kappa shape index (κ3) is 4.25. The van der Waals surface area contributed by atoms with Gasteiger partial charge < -0.3 is 4.90 Å². The maximum absolute atomic E-state index is 12.7. The highest BCUT2D eigenvalue weighted by Crippen LogP contribution is 2.34. The highest BCUT2D eigenvalue weighted by atomic mass is 32.2. The van der Waals surface area contributed by atoms with Crippen LogP contribution in [-0.2, 0) is 11.2 Å². The standard InChI is InChI=1S/C24H27N3OS/c1-4-18-7-10-20(11-8-18)25-24-26(3)23(28)22(29-24)16-19-9-12-21(15-17(19)2)27-13-5-6-14-27/h7-12,15-16H,4-6,13-14H2,1-3H3/b22-16+,25-24?. The molecule has 2 heterocycles. The van der Waals surface area contributed by atoms with E-state index in [1.54, 1.807) is 11.9 Å². The molecule has 0 spiro atoms. The van der Waals surface area contributed by atoms with Gasteiger partial charge in [0.05, 0.1) is 10.6 Å². The van der Waals surface area contributed by atoms with Crippen molar-refractivity contribution in [3.63, 3.8) is 0 Å². The first-order chi connectivity index (χ1) is 14.0. The maximum Gasteiger partial charge on any atom is 0.266 e. The smallest absolute Gasteiger partial charge is 0.266 e. The Morgan fingerprint density at radius 2 is 1.83 bits per heavy atom. The van der Waals surface area contributed by atoms with Gasteiger partial charge in [0.2, 0.25) is 0 Å². The van der Waals surface area contributed by atoms with Gasteiger partial charge in [-0.15, -0.1) is 0 Å². The van der Waals surface area contributed by atoms with Gasteiger partial charge in [0.15, 0.2) is 5.17 Å². The summed E-state index contributed by atoms with van der Waals surface area (Å²) in [4.78, 5) is 22.2. The molecule has 0 aromatic heterocycles. The Morgan fingerprint density at radius 1 is 1.10 bits per heavy atom. The lowest BCUT2D eigenvalue weighted by molar-refractivity contribution is -0.121. The number of rotatable bonds is 4. The summed E-state index contributed by atoms with van der Waals surface area (Å²) in [6, 6.07) is 14.7. The summed E-state index contributed by atoms with van der Waals surface area (Å²) < 4.78 is 0. The molecule has 2 aromatic carbocycles. The van der Waals surface area contributed by atoms with E-state index in [-0.39, 0.29) is 5.91 Å². The van der Waals surface area contributed by atoms with Crippen LogP contribution < -0.4 is 4.90 Å². The molecular weight excluding hydrogens is 378 g/mol. The molecule has 4 nitrogen and oxygen atoms in total. The van der Waals surface area contributed by atoms with Crippen LogP contribution in [0.4, 0.5) is 11.4 Å². The zero-order valence-electron chi connectivity index (χ0n) is 17.3. The van der Waals surface area contributed by atoms with E-state index in [2.05, 4.69) is 54.1 Å². The Balaban J connectivity index is 1.56. The molecule has 0 atom stereocenters. The highest BCUT2D eigenvalue weighted by Gasteiger charge is 2.30. The molecule has 2 saturated heterocycles. The van der Waals surface area contributed by atoms with E-state index in [0.717, 1.165) is 35.9 Å². The predicted octanol–water partition coefficient (Wildman–Crippen LogP) is 5.39. The van der Waals surface area contributed by atoms with Crippen LogP contribution in [0.1, 0.15) is 36.5 Å². The van der Waals surface area contributed by atoms with Crippen molar-refractivity contribution >= 4 is 40.3 Å². The summed E-state index contributed by atoms with van der Waals surface area (Å²) in [5, 5.41) is 0.719. The normalized spacial score (nSPS) is 19.8. The fourth-order valence-corrected chi connectivity index (χ4v) is 4.68. The second-order valence-electron chi connectivity index (χ2n) is 7.62. The average Bonchev–Trinajstić information content (AvgIpc) is 3.36. The molecule has 5 heteroatoms. The molecule has 2 fully saturated rings. The molecule has 0 saturated carbocycles. The third-order valence-electron chi connectivity index (χ3n) is 5.58. The number of aliphatic imine (C=N–C) groups is 1. The van der Waals surface area contributed by atoms with Crippen LogP contribution >= 0.6 is 11.8 Å². The van der Waals surface area contributed by atoms with E-state index in [1.807, 2.05) is 18.2 Å². The van der Waals surface area contributed by atoms with E-state index in [1.165, 1.54) is 41.4 Å². The largest absolute Gasteiger partial charge is 0.372 e. The number of thioether (sulfide) groups is 1. The lowest BCUT2D eigenvalue weighted by Crippen LogP contribution is -2.23. The third-order valence-corrected chi connectivity index (χ3v) is 6.64. The molecule has 150 valence electrons. The van der Waals surface area contributed by atoms with Gasteiger partial charge in [-0.3, -0.25) is 9.69 Å². The van der Waals surface area contributed by atoms with Gasteiger partial charge >= 0.3 is 0 Å². The van der Waals surface area contributed by atoms with Crippen molar-refractivity contribution < 1.29 is 4.79 Å². The molecule has 2 aliphatic rings. The first-order valence-electron chi connectivity index (χ1n) is 10.3. The summed E-state index contributed by atoms with van der Waals surface area (Å²) in [7, 11) is 1.79. The number of likely N-dealkylation sites (N-methyl/N-ethyl adjacent to an activating group) is 1. The molecule has 0 N–H and O–H groups in total. The van der Waals surface area contributed by atoms with E-state index < -0.39 is 0 Å². The Morgan fingerprint density at radius 3 is 2.48 bits per heavy atom. The van der Waals surface area contributed by atoms with Crippen molar-refractivity contribution in [2.24, 2.45) is 4.99 Å². The van der Waals surface area contributed by atoms with Crippen LogP contribution in [0.25, 0.3) is 6.08 Å². The lowest BCUT2D eigenvalue weighted by atomic mass is 10.1. The molecule has 0 aliphatic carbocycles. The Hall–Kier alpha value is -2.53. The number of carbonyl (C=O) groups is 1. The number of aryl methyl sites for hydroxylation is 2. The number of carbonyl (C=O) groups excluding carboxylic acids is 1. The van der Waals surface area contributed by atoms with Gasteiger partial charge in [-0.05, 0) is 85.0 Å². The zero-order valence-corrected chi connectivity index (χ0v) is 18.1. The van der Waals surface area contributed by atoms with Crippen LogP contribution in [0, 0.1) is 6.92 Å². The van der Waals surface area contributed by atoms with E-state index in [9.17, 15) is 4.79 Å². The minimum absolute atomic E-state index is 0.00180. The number of nitrogens with zero attached hydrogens (tertiary/aromatic N) is 3. The van der Waals surface area contributed by atoms with Crippen LogP contribution in [0.15, 0.2) is 52.4 Å². The molecule has 2 aliphatic heterocycles. The van der Waals surface area contributed by atoms with Crippen LogP contribution in [0.3, 0.4) is 0 Å². The quantitative estimate of drug-likeness (QED) is 0.640. The van der Waals surface area contributed by atoms with Crippen molar-refractivity contribution in [3.05, 3.63) is 64.1 Å². The van der Waals surface area contributed by atoms with Gasteiger partial charge in [-0.25, -0.2) is 4.99 Å². The topological polar surface area (TPSA) is 35.9 Å². The number of hydrogen-bond acceptors (Lipinski definition) is 4. The lowest BCUT2D eigenvalue weighted by Gasteiger charge is -2.18. The Bertz CT molecular complexity index is 972. The van der Waals surface area contributed by atoms with Crippen LogP contribution in [0.2, 0.25) is 0 Å². The maximum atomic E-state index is 12.7. The van der Waals surface area contributed by atoms with E-state index >= 15 is 0 Å². The van der Waals surface area contributed by atoms with Gasteiger partial charge in [-0.2, -0.15) is 0 Å². The summed E-state index contributed by atoms with van der Waals surface area (Å²) in [5.74, 6) is 0.00180. The molecule has 0 bridgehead atoms. The van der Waals surface area contributed by atoms with Crippen molar-refractivity contribution in [1.82, 2.24) is 4.90 Å². The molecule has 0 radical (unpaired) electrons. The van der Waals surface area contributed by atoms with Crippen molar-refractivity contribution in [3.8, 4) is 0 Å². The number of anilines is 1. The molecular formula is C24H27N3OS. The number of amidine groups is 1. The summed E-state index contributed by atoms with van der Waals surface area (Å²) in [6.07, 6.45) is 5.54. The molecule has 1 amide bonds. The van der Waals surface area contributed by atoms with E-state index in [4.69, 9.17) is 0 Å². The fraction of sp³-hybridized carbons (Fsp3) is 0.333. The summed E-state index contributed by atoms with van der Waals surface area (Å²) in [6.45, 7) is 6.52.